The van der Waals surface area contributed by atoms with Gasteiger partial charge in [0.2, 0.25) is 11.4 Å². The van der Waals surface area contributed by atoms with Crippen molar-refractivity contribution in [1.82, 2.24) is 4.90 Å². The minimum Gasteiger partial charge on any atom is -0.459 e. The molecule has 2 aliphatic heterocycles. The molecule has 0 aromatic rings. The lowest BCUT2D eigenvalue weighted by Crippen LogP contribution is -2.57. The van der Waals surface area contributed by atoms with Crippen molar-refractivity contribution in [3.8, 4) is 0 Å². The molecular formula is C23H33NO10. The van der Waals surface area contributed by atoms with Gasteiger partial charge in [-0.05, 0) is 27.3 Å². The molecule has 5 atom stereocenters. The van der Waals surface area contributed by atoms with E-state index in [-0.39, 0.29) is 12.0 Å². The van der Waals surface area contributed by atoms with Crippen LogP contribution in [0.2, 0.25) is 0 Å². The fourth-order valence-electron chi connectivity index (χ4n) is 3.96. The molecule has 0 aromatic carbocycles. The number of nitrogens with zero attached hydrogens (tertiary/aromatic N) is 1. The van der Waals surface area contributed by atoms with Crippen LogP contribution < -0.4 is 0 Å². The fraction of sp³-hybridized carbons (Fsp3) is 0.696. The summed E-state index contributed by atoms with van der Waals surface area (Å²) in [5, 5.41) is 11.4. The number of carbonyl (C=O) groups excluding carboxylic acids is 5. The molecule has 1 N–H and O–H groups in total. The molecule has 11 heteroatoms. The minimum atomic E-state index is -2.45. The van der Waals surface area contributed by atoms with E-state index in [1.165, 1.54) is 20.8 Å². The summed E-state index contributed by atoms with van der Waals surface area (Å²) in [7, 11) is 1.80. The van der Waals surface area contributed by atoms with Crippen molar-refractivity contribution in [2.75, 3.05) is 26.7 Å². The quantitative estimate of drug-likeness (QED) is 0.437. The Morgan fingerprint density at radius 2 is 1.85 bits per heavy atom. The molecule has 0 spiro atoms. The van der Waals surface area contributed by atoms with Crippen LogP contribution in [0.5, 0.6) is 0 Å². The molecule has 0 unspecified atom stereocenters. The van der Waals surface area contributed by atoms with Crippen molar-refractivity contribution in [1.29, 1.82) is 0 Å². The zero-order valence-electron chi connectivity index (χ0n) is 20.4. The maximum absolute atomic E-state index is 13.3. The van der Waals surface area contributed by atoms with Crippen molar-refractivity contribution in [2.45, 2.75) is 70.9 Å². The van der Waals surface area contributed by atoms with Crippen LogP contribution in [0, 0.1) is 5.92 Å². The zero-order valence-corrected chi connectivity index (χ0v) is 20.4. The van der Waals surface area contributed by atoms with Gasteiger partial charge in [-0.1, -0.05) is 13.0 Å². The van der Waals surface area contributed by atoms with Crippen LogP contribution in [0.15, 0.2) is 11.6 Å². The van der Waals surface area contributed by atoms with Crippen molar-refractivity contribution < 1.29 is 48.0 Å². The van der Waals surface area contributed by atoms with Crippen molar-refractivity contribution >= 4 is 29.7 Å². The summed E-state index contributed by atoms with van der Waals surface area (Å²) >= 11 is 0. The number of esters is 4. The summed E-state index contributed by atoms with van der Waals surface area (Å²) in [6.45, 7) is 6.68. The molecule has 1 fully saturated rings. The monoisotopic (exact) mass is 483 g/mol. The molecule has 2 rings (SSSR count). The lowest BCUT2D eigenvalue weighted by Gasteiger charge is -2.39. The normalized spacial score (nSPS) is 34.0. The number of hydrogen-bond acceptors (Lipinski definition) is 11. The van der Waals surface area contributed by atoms with E-state index in [0.717, 1.165) is 13.8 Å². The topological polar surface area (TPSA) is 146 Å². The van der Waals surface area contributed by atoms with Crippen LogP contribution in [0.3, 0.4) is 0 Å². The third kappa shape index (κ3) is 6.01. The smallest absolute Gasteiger partial charge is 0.350 e. The summed E-state index contributed by atoms with van der Waals surface area (Å²) in [5.41, 5.74) is -4.27. The van der Waals surface area contributed by atoms with Crippen LogP contribution in [-0.4, -0.2) is 89.8 Å². The molecule has 1 saturated heterocycles. The van der Waals surface area contributed by atoms with E-state index < -0.39 is 72.0 Å². The molecule has 0 aromatic heterocycles. The molecule has 2 heterocycles. The first-order chi connectivity index (χ1) is 15.7. The SMILES string of the molecule is CC(=O)O[C@@H](C)[C@@]1(O)C[C@@H](C)[C@](C)(OC(C)=O)C(=O)OC/C2=C/CN(C)CC[C@@H](OC1=O)C2=O. The second-order valence-electron chi connectivity index (χ2n) is 9.10. The molecular weight excluding hydrogens is 450 g/mol. The number of ketones is 1. The highest BCUT2D eigenvalue weighted by molar-refractivity contribution is 6.01. The third-order valence-corrected chi connectivity index (χ3v) is 6.33. The Kier molecular flexibility index (Phi) is 8.59. The lowest BCUT2D eigenvalue weighted by molar-refractivity contribution is -0.203. The van der Waals surface area contributed by atoms with Gasteiger partial charge in [-0.15, -0.1) is 0 Å². The first-order valence-corrected chi connectivity index (χ1v) is 11.1. The summed E-state index contributed by atoms with van der Waals surface area (Å²) < 4.78 is 21.2. The van der Waals surface area contributed by atoms with E-state index in [1.807, 2.05) is 4.90 Å². The predicted molar refractivity (Wildman–Crippen MR) is 116 cm³/mol. The third-order valence-electron chi connectivity index (χ3n) is 6.33. The summed E-state index contributed by atoms with van der Waals surface area (Å²) in [4.78, 5) is 64.8. The van der Waals surface area contributed by atoms with Crippen molar-refractivity contribution in [2.24, 2.45) is 5.92 Å². The number of rotatable bonds is 3. The second kappa shape index (κ2) is 10.6. The Morgan fingerprint density at radius 1 is 1.21 bits per heavy atom. The van der Waals surface area contributed by atoms with Gasteiger partial charge >= 0.3 is 23.9 Å². The average Bonchev–Trinajstić information content (AvgIpc) is 2.72. The summed E-state index contributed by atoms with van der Waals surface area (Å²) in [6.07, 6.45) is -1.43. The molecule has 0 aliphatic carbocycles. The van der Waals surface area contributed by atoms with Gasteiger partial charge in [0.15, 0.2) is 11.7 Å². The number of likely N-dealkylation sites (N-methyl/N-ethyl adjacent to an activating group) is 1. The van der Waals surface area contributed by atoms with Crippen LogP contribution in [-0.2, 0) is 42.9 Å². The predicted octanol–water partition coefficient (Wildman–Crippen LogP) is 0.317. The summed E-state index contributed by atoms with van der Waals surface area (Å²) in [5.74, 6) is -5.25. The van der Waals surface area contributed by atoms with E-state index in [0.29, 0.717) is 13.1 Å². The molecule has 0 amide bonds. The highest BCUT2D eigenvalue weighted by atomic mass is 16.6. The minimum absolute atomic E-state index is 0.104. The number of hydrogen-bond donors (Lipinski definition) is 1. The first kappa shape index (κ1) is 27.5. The van der Waals surface area contributed by atoms with Gasteiger partial charge in [-0.3, -0.25) is 14.4 Å². The van der Waals surface area contributed by atoms with Crippen molar-refractivity contribution in [3.63, 3.8) is 0 Å². The highest BCUT2D eigenvalue weighted by Gasteiger charge is 2.54. The molecule has 0 radical (unpaired) electrons. The van der Waals surface area contributed by atoms with Gasteiger partial charge in [-0.2, -0.15) is 0 Å². The number of Topliss-reactive ketones (excluding diaryl/α,β-unsaturated/α-hetero) is 1. The highest BCUT2D eigenvalue weighted by Crippen LogP contribution is 2.35. The standard InChI is InChI=1S/C23H33NO10/c1-13-11-23(30,14(2)32-15(3)25)21(29)33-18-8-10-24(6)9-7-17(19(18)27)12-31-20(28)22(13,5)34-16(4)26/h7,13-14,18,30H,8-12H2,1-6H3/b17-7-/t13-,14+,18-,22+,23+/m1/s1. The molecule has 2 bridgehead atoms. The van der Waals surface area contributed by atoms with Gasteiger partial charge in [0.25, 0.3) is 0 Å². The molecule has 190 valence electrons. The lowest BCUT2D eigenvalue weighted by atomic mass is 9.78. The number of aliphatic hydroxyl groups is 1. The Bertz CT molecular complexity index is 883. The van der Waals surface area contributed by atoms with Crippen molar-refractivity contribution in [3.05, 3.63) is 11.6 Å². The van der Waals surface area contributed by atoms with Gasteiger partial charge in [0.1, 0.15) is 12.7 Å². The molecule has 11 nitrogen and oxygen atoms in total. The second-order valence-corrected chi connectivity index (χ2v) is 9.10. The van der Waals surface area contributed by atoms with Gasteiger partial charge in [0, 0.05) is 44.8 Å². The number of ether oxygens (including phenoxy) is 4. The Balaban J connectivity index is 2.61. The van der Waals surface area contributed by atoms with E-state index in [9.17, 15) is 29.1 Å². The van der Waals surface area contributed by atoms with E-state index in [2.05, 4.69) is 0 Å². The summed E-state index contributed by atoms with van der Waals surface area (Å²) in [6, 6.07) is 0. The molecule has 2 aliphatic rings. The van der Waals surface area contributed by atoms with Gasteiger partial charge in [-0.25, -0.2) is 9.59 Å². The first-order valence-electron chi connectivity index (χ1n) is 11.1. The maximum atomic E-state index is 13.3. The zero-order chi connectivity index (χ0) is 25.8. The Labute approximate surface area is 198 Å². The average molecular weight is 484 g/mol. The van der Waals surface area contributed by atoms with Crippen LogP contribution in [0.1, 0.15) is 47.5 Å². The Morgan fingerprint density at radius 3 is 2.44 bits per heavy atom. The number of cyclic esters (lactones) is 1. The number of fused-ring (bicyclic) bond motifs is 2. The van der Waals surface area contributed by atoms with Crippen LogP contribution >= 0.6 is 0 Å². The van der Waals surface area contributed by atoms with Gasteiger partial charge in [0.05, 0.1) is 0 Å². The van der Waals surface area contributed by atoms with Crippen LogP contribution in [0.4, 0.5) is 0 Å². The Hall–Kier alpha value is -2.79. The van der Waals surface area contributed by atoms with E-state index >= 15 is 0 Å². The largest absolute Gasteiger partial charge is 0.459 e. The van der Waals surface area contributed by atoms with Crippen LogP contribution in [0.25, 0.3) is 0 Å². The molecule has 34 heavy (non-hydrogen) atoms. The maximum Gasteiger partial charge on any atom is 0.350 e. The number of carbonyl (C=O) groups is 5. The van der Waals surface area contributed by atoms with E-state index in [4.69, 9.17) is 18.9 Å². The fourth-order valence-corrected chi connectivity index (χ4v) is 3.96. The van der Waals surface area contributed by atoms with E-state index in [1.54, 1.807) is 13.1 Å². The molecule has 0 saturated carbocycles. The van der Waals surface area contributed by atoms with Gasteiger partial charge < -0.3 is 29.0 Å².